The van der Waals surface area contributed by atoms with Crippen molar-refractivity contribution in [2.24, 2.45) is 5.73 Å². The molecule has 1 aromatic carbocycles. The van der Waals surface area contributed by atoms with Gasteiger partial charge in [-0.15, -0.1) is 0 Å². The van der Waals surface area contributed by atoms with E-state index in [0.29, 0.717) is 13.0 Å². The summed E-state index contributed by atoms with van der Waals surface area (Å²) in [5.41, 5.74) is 7.72. The molecular formula is C13H18N2O. The molecule has 4 N–H and O–H groups in total. The molecule has 16 heavy (non-hydrogen) atoms. The van der Waals surface area contributed by atoms with E-state index in [2.05, 4.69) is 4.98 Å². The minimum Gasteiger partial charge on any atom is -0.385 e. The van der Waals surface area contributed by atoms with Gasteiger partial charge in [0.15, 0.2) is 0 Å². The maximum Gasteiger partial charge on any atom is 0.0903 e. The van der Waals surface area contributed by atoms with E-state index in [1.54, 1.807) is 0 Å². The maximum absolute atomic E-state index is 10.5. The molecule has 0 amide bonds. The monoisotopic (exact) mass is 218 g/mol. The number of nitrogens with one attached hydrogen (secondary N) is 1. The Bertz CT molecular complexity index is 500. The van der Waals surface area contributed by atoms with Gasteiger partial charge in [-0.05, 0) is 32.9 Å². The van der Waals surface area contributed by atoms with Crippen LogP contribution < -0.4 is 5.73 Å². The van der Waals surface area contributed by atoms with Crippen LogP contribution in [0.15, 0.2) is 24.3 Å². The second-order valence-corrected chi connectivity index (χ2v) is 4.48. The lowest BCUT2D eigenvalue weighted by Crippen LogP contribution is -2.25. The van der Waals surface area contributed by atoms with Gasteiger partial charge >= 0.3 is 0 Å². The minimum absolute atomic E-state index is 0.478. The van der Waals surface area contributed by atoms with Crippen LogP contribution in [0.3, 0.4) is 0 Å². The lowest BCUT2D eigenvalue weighted by Gasteiger charge is -2.23. The SMILES string of the molecule is Cc1[nH]c2ccccc2c1C(C)(O)CCN. The standard InChI is InChI=1S/C13H18N2O/c1-9-12(13(2,16)7-8-14)10-5-3-4-6-11(10)15-9/h3-6,15-16H,7-8,14H2,1-2H3. The Morgan fingerprint density at radius 1 is 1.38 bits per heavy atom. The van der Waals surface area contributed by atoms with Gasteiger partial charge < -0.3 is 15.8 Å². The van der Waals surface area contributed by atoms with E-state index in [-0.39, 0.29) is 0 Å². The third kappa shape index (κ3) is 1.72. The number of hydrogen-bond acceptors (Lipinski definition) is 2. The average molecular weight is 218 g/mol. The number of aliphatic hydroxyl groups is 1. The van der Waals surface area contributed by atoms with Gasteiger partial charge in [0, 0.05) is 22.2 Å². The first kappa shape index (κ1) is 11.2. The Balaban J connectivity index is 2.63. The summed E-state index contributed by atoms with van der Waals surface area (Å²) in [6, 6.07) is 8.01. The second-order valence-electron chi connectivity index (χ2n) is 4.48. The number of hydrogen-bond donors (Lipinski definition) is 3. The highest BCUT2D eigenvalue weighted by atomic mass is 16.3. The summed E-state index contributed by atoms with van der Waals surface area (Å²) < 4.78 is 0. The number of nitrogens with two attached hydrogens (primary N) is 1. The summed E-state index contributed by atoms with van der Waals surface area (Å²) in [7, 11) is 0. The van der Waals surface area contributed by atoms with Crippen LogP contribution in [0.25, 0.3) is 10.9 Å². The first-order chi connectivity index (χ1) is 7.56. The Hall–Kier alpha value is -1.32. The van der Waals surface area contributed by atoms with Crippen molar-refractivity contribution in [2.75, 3.05) is 6.54 Å². The highest BCUT2D eigenvalue weighted by Crippen LogP contribution is 2.33. The van der Waals surface area contributed by atoms with E-state index in [9.17, 15) is 5.11 Å². The summed E-state index contributed by atoms with van der Waals surface area (Å²) in [5, 5.41) is 11.5. The molecule has 0 saturated carbocycles. The van der Waals surface area contributed by atoms with E-state index in [1.807, 2.05) is 38.1 Å². The van der Waals surface area contributed by atoms with E-state index >= 15 is 0 Å². The van der Waals surface area contributed by atoms with Crippen LogP contribution in [0.4, 0.5) is 0 Å². The molecule has 0 aliphatic carbocycles. The molecule has 0 bridgehead atoms. The van der Waals surface area contributed by atoms with Crippen LogP contribution in [-0.2, 0) is 5.60 Å². The third-order valence-corrected chi connectivity index (χ3v) is 3.06. The quantitative estimate of drug-likeness (QED) is 0.738. The summed E-state index contributed by atoms with van der Waals surface area (Å²) in [6.07, 6.45) is 0.565. The molecule has 3 nitrogen and oxygen atoms in total. The number of rotatable bonds is 3. The van der Waals surface area contributed by atoms with Crippen molar-refractivity contribution >= 4 is 10.9 Å². The van der Waals surface area contributed by atoms with Crippen LogP contribution >= 0.6 is 0 Å². The van der Waals surface area contributed by atoms with Crippen LogP contribution in [0.2, 0.25) is 0 Å². The molecule has 0 aliphatic rings. The molecule has 0 aliphatic heterocycles. The van der Waals surface area contributed by atoms with E-state index in [0.717, 1.165) is 22.2 Å². The van der Waals surface area contributed by atoms with Crippen molar-refractivity contribution in [1.82, 2.24) is 4.98 Å². The lowest BCUT2D eigenvalue weighted by molar-refractivity contribution is 0.0513. The largest absolute Gasteiger partial charge is 0.385 e. The van der Waals surface area contributed by atoms with E-state index in [4.69, 9.17) is 5.73 Å². The summed E-state index contributed by atoms with van der Waals surface area (Å²) in [6.45, 7) is 4.29. The van der Waals surface area contributed by atoms with Crippen LogP contribution in [-0.4, -0.2) is 16.6 Å². The molecule has 1 atom stereocenters. The molecule has 1 aromatic heterocycles. The lowest BCUT2D eigenvalue weighted by atomic mass is 9.90. The number of benzene rings is 1. The highest BCUT2D eigenvalue weighted by molar-refractivity contribution is 5.85. The van der Waals surface area contributed by atoms with E-state index in [1.165, 1.54) is 0 Å². The van der Waals surface area contributed by atoms with Gasteiger partial charge in [0.25, 0.3) is 0 Å². The Kier molecular flexibility index (Phi) is 2.74. The van der Waals surface area contributed by atoms with Gasteiger partial charge in [-0.3, -0.25) is 0 Å². The van der Waals surface area contributed by atoms with Gasteiger partial charge in [-0.1, -0.05) is 18.2 Å². The second kappa shape index (κ2) is 3.92. The first-order valence-corrected chi connectivity index (χ1v) is 5.56. The zero-order chi connectivity index (χ0) is 11.8. The average Bonchev–Trinajstić information content (AvgIpc) is 2.53. The number of fused-ring (bicyclic) bond motifs is 1. The van der Waals surface area contributed by atoms with Crippen LogP contribution in [0.5, 0.6) is 0 Å². The van der Waals surface area contributed by atoms with Crippen molar-refractivity contribution in [3.63, 3.8) is 0 Å². The molecule has 2 aromatic rings. The molecule has 2 rings (SSSR count). The van der Waals surface area contributed by atoms with Gasteiger partial charge in [-0.2, -0.15) is 0 Å². The smallest absolute Gasteiger partial charge is 0.0903 e. The van der Waals surface area contributed by atoms with Gasteiger partial charge in [-0.25, -0.2) is 0 Å². The highest BCUT2D eigenvalue weighted by Gasteiger charge is 2.27. The molecule has 3 heteroatoms. The molecule has 1 heterocycles. The zero-order valence-corrected chi connectivity index (χ0v) is 9.75. The van der Waals surface area contributed by atoms with Crippen LogP contribution in [0, 0.1) is 6.92 Å². The number of para-hydroxylation sites is 1. The predicted octanol–water partition coefficient (Wildman–Crippen LogP) is 2.03. The van der Waals surface area contributed by atoms with Crippen LogP contribution in [0.1, 0.15) is 24.6 Å². The zero-order valence-electron chi connectivity index (χ0n) is 9.75. The Morgan fingerprint density at radius 3 is 2.75 bits per heavy atom. The molecular weight excluding hydrogens is 200 g/mol. The summed E-state index contributed by atoms with van der Waals surface area (Å²) in [4.78, 5) is 3.29. The van der Waals surface area contributed by atoms with E-state index < -0.39 is 5.60 Å². The van der Waals surface area contributed by atoms with Gasteiger partial charge in [0.1, 0.15) is 0 Å². The van der Waals surface area contributed by atoms with Crippen molar-refractivity contribution < 1.29 is 5.11 Å². The predicted molar refractivity (Wildman–Crippen MR) is 66.3 cm³/mol. The third-order valence-electron chi connectivity index (χ3n) is 3.06. The van der Waals surface area contributed by atoms with Gasteiger partial charge in [0.2, 0.25) is 0 Å². The minimum atomic E-state index is -0.863. The number of aromatic amines is 1. The molecule has 0 fully saturated rings. The topological polar surface area (TPSA) is 62.0 Å². The molecule has 1 unspecified atom stereocenters. The fourth-order valence-electron chi connectivity index (χ4n) is 2.38. The fraction of sp³-hybridized carbons (Fsp3) is 0.385. The van der Waals surface area contributed by atoms with Crippen molar-refractivity contribution in [3.05, 3.63) is 35.5 Å². The summed E-state index contributed by atoms with van der Waals surface area (Å²) >= 11 is 0. The normalized spacial score (nSPS) is 15.2. The summed E-state index contributed by atoms with van der Waals surface area (Å²) in [5.74, 6) is 0. The number of aromatic nitrogens is 1. The Labute approximate surface area is 95.3 Å². The number of H-pyrrole nitrogens is 1. The Morgan fingerprint density at radius 2 is 2.06 bits per heavy atom. The first-order valence-electron chi connectivity index (χ1n) is 5.56. The maximum atomic E-state index is 10.5. The van der Waals surface area contributed by atoms with Gasteiger partial charge in [0.05, 0.1) is 5.60 Å². The molecule has 0 radical (unpaired) electrons. The van der Waals surface area contributed by atoms with Crippen molar-refractivity contribution in [3.8, 4) is 0 Å². The number of aryl methyl sites for hydroxylation is 1. The van der Waals surface area contributed by atoms with Crippen molar-refractivity contribution in [2.45, 2.75) is 25.9 Å². The molecule has 0 spiro atoms. The van der Waals surface area contributed by atoms with Crippen molar-refractivity contribution in [1.29, 1.82) is 0 Å². The fourth-order valence-corrected chi connectivity index (χ4v) is 2.38. The molecule has 0 saturated heterocycles. The molecule has 86 valence electrons.